The number of carbonyl (C=O) groups is 1. The first-order valence-electron chi connectivity index (χ1n) is 8.47. The van der Waals surface area contributed by atoms with Gasteiger partial charge in [-0.15, -0.1) is 0 Å². The van der Waals surface area contributed by atoms with Crippen molar-refractivity contribution in [1.82, 2.24) is 4.98 Å². The molecular formula is C22H18N2O2. The van der Waals surface area contributed by atoms with E-state index in [2.05, 4.69) is 10.3 Å². The summed E-state index contributed by atoms with van der Waals surface area (Å²) in [5, 5.41) is 5.84. The molecule has 0 bridgehead atoms. The second-order valence-corrected chi connectivity index (χ2v) is 6.45. The number of aromatic amines is 1. The van der Waals surface area contributed by atoms with E-state index in [0.29, 0.717) is 22.3 Å². The third-order valence-electron chi connectivity index (χ3n) is 4.87. The summed E-state index contributed by atoms with van der Waals surface area (Å²) in [6, 6.07) is 19.0. The number of benzene rings is 3. The fraction of sp³-hybridized carbons (Fsp3) is 0.0909. The molecule has 0 saturated carbocycles. The van der Waals surface area contributed by atoms with Crippen LogP contribution in [0, 0.1) is 13.8 Å². The quantitative estimate of drug-likeness (QED) is 0.561. The van der Waals surface area contributed by atoms with E-state index in [9.17, 15) is 9.59 Å². The highest BCUT2D eigenvalue weighted by atomic mass is 16.1. The fourth-order valence-corrected chi connectivity index (χ4v) is 3.26. The SMILES string of the molecule is Cc1c(C)c2ccc(NC(=O)c3cccc4ccccc34)cc2[nH]c1=O. The van der Waals surface area contributed by atoms with Gasteiger partial charge in [0.15, 0.2) is 0 Å². The maximum absolute atomic E-state index is 12.8. The third kappa shape index (κ3) is 2.65. The van der Waals surface area contributed by atoms with E-state index in [1.807, 2.05) is 68.4 Å². The first-order valence-corrected chi connectivity index (χ1v) is 8.47. The lowest BCUT2D eigenvalue weighted by atomic mass is 10.0. The van der Waals surface area contributed by atoms with Crippen LogP contribution in [0.4, 0.5) is 5.69 Å². The molecule has 26 heavy (non-hydrogen) atoms. The summed E-state index contributed by atoms with van der Waals surface area (Å²) in [6.07, 6.45) is 0. The monoisotopic (exact) mass is 342 g/mol. The molecule has 0 spiro atoms. The highest BCUT2D eigenvalue weighted by molar-refractivity contribution is 6.13. The van der Waals surface area contributed by atoms with Crippen LogP contribution in [0.2, 0.25) is 0 Å². The number of hydrogen-bond donors (Lipinski definition) is 2. The fourth-order valence-electron chi connectivity index (χ4n) is 3.26. The summed E-state index contributed by atoms with van der Waals surface area (Å²) in [4.78, 5) is 27.7. The number of pyridine rings is 1. The van der Waals surface area contributed by atoms with Crippen molar-refractivity contribution in [2.24, 2.45) is 0 Å². The Kier molecular flexibility index (Phi) is 3.81. The summed E-state index contributed by atoms with van der Waals surface area (Å²) in [5.74, 6) is -0.174. The minimum atomic E-state index is -0.174. The summed E-state index contributed by atoms with van der Waals surface area (Å²) < 4.78 is 0. The highest BCUT2D eigenvalue weighted by Gasteiger charge is 2.11. The number of aryl methyl sites for hydroxylation is 1. The summed E-state index contributed by atoms with van der Waals surface area (Å²) >= 11 is 0. The van der Waals surface area contributed by atoms with Crippen LogP contribution in [0.3, 0.4) is 0 Å². The number of rotatable bonds is 2. The number of H-pyrrole nitrogens is 1. The topological polar surface area (TPSA) is 62.0 Å². The van der Waals surface area contributed by atoms with E-state index in [-0.39, 0.29) is 11.5 Å². The molecule has 4 aromatic rings. The molecule has 0 fully saturated rings. The first kappa shape index (κ1) is 16.1. The number of nitrogens with one attached hydrogen (secondary N) is 2. The molecular weight excluding hydrogens is 324 g/mol. The zero-order valence-corrected chi connectivity index (χ0v) is 14.6. The van der Waals surface area contributed by atoms with Crippen LogP contribution in [0.5, 0.6) is 0 Å². The zero-order valence-electron chi connectivity index (χ0n) is 14.6. The summed E-state index contributed by atoms with van der Waals surface area (Å²) in [7, 11) is 0. The molecule has 0 saturated heterocycles. The molecule has 4 rings (SSSR count). The average molecular weight is 342 g/mol. The number of hydrogen-bond acceptors (Lipinski definition) is 2. The Morgan fingerprint density at radius 3 is 2.50 bits per heavy atom. The number of amides is 1. The molecule has 0 radical (unpaired) electrons. The second-order valence-electron chi connectivity index (χ2n) is 6.45. The van der Waals surface area contributed by atoms with Crippen molar-refractivity contribution < 1.29 is 4.79 Å². The van der Waals surface area contributed by atoms with Gasteiger partial charge in [0.2, 0.25) is 0 Å². The minimum absolute atomic E-state index is 0.104. The van der Waals surface area contributed by atoms with Crippen LogP contribution in [-0.4, -0.2) is 10.9 Å². The van der Waals surface area contributed by atoms with Gasteiger partial charge in [0.25, 0.3) is 11.5 Å². The Labute approximate surface area is 150 Å². The van der Waals surface area contributed by atoms with Crippen molar-refractivity contribution >= 4 is 33.3 Å². The van der Waals surface area contributed by atoms with Crippen molar-refractivity contribution in [2.75, 3.05) is 5.32 Å². The van der Waals surface area contributed by atoms with E-state index in [4.69, 9.17) is 0 Å². The van der Waals surface area contributed by atoms with Crippen molar-refractivity contribution in [3.63, 3.8) is 0 Å². The van der Waals surface area contributed by atoms with Crippen LogP contribution in [0.1, 0.15) is 21.5 Å². The minimum Gasteiger partial charge on any atom is -0.322 e. The largest absolute Gasteiger partial charge is 0.322 e. The molecule has 0 aliphatic rings. The van der Waals surface area contributed by atoms with Gasteiger partial charge < -0.3 is 10.3 Å². The molecule has 1 heterocycles. The van der Waals surface area contributed by atoms with Gasteiger partial charge in [0, 0.05) is 22.2 Å². The lowest BCUT2D eigenvalue weighted by Gasteiger charge is -2.10. The van der Waals surface area contributed by atoms with Crippen molar-refractivity contribution in [1.29, 1.82) is 0 Å². The van der Waals surface area contributed by atoms with E-state index in [1.54, 1.807) is 6.07 Å². The van der Waals surface area contributed by atoms with Gasteiger partial charge in [0.05, 0.1) is 5.52 Å². The van der Waals surface area contributed by atoms with Crippen molar-refractivity contribution in [2.45, 2.75) is 13.8 Å². The summed E-state index contributed by atoms with van der Waals surface area (Å²) in [5.41, 5.74) is 3.55. The average Bonchev–Trinajstić information content (AvgIpc) is 2.65. The van der Waals surface area contributed by atoms with E-state index in [1.165, 1.54) is 0 Å². The lowest BCUT2D eigenvalue weighted by molar-refractivity contribution is 0.102. The molecule has 1 amide bonds. The van der Waals surface area contributed by atoms with Crippen LogP contribution in [0.25, 0.3) is 21.7 Å². The molecule has 1 aromatic heterocycles. The van der Waals surface area contributed by atoms with Gasteiger partial charge in [-0.1, -0.05) is 42.5 Å². The maximum atomic E-state index is 12.8. The third-order valence-corrected chi connectivity index (χ3v) is 4.87. The van der Waals surface area contributed by atoms with Gasteiger partial charge in [-0.3, -0.25) is 9.59 Å². The lowest BCUT2D eigenvalue weighted by Crippen LogP contribution is -2.14. The molecule has 0 atom stereocenters. The molecule has 3 aromatic carbocycles. The second kappa shape index (κ2) is 6.15. The first-order chi connectivity index (χ1) is 12.5. The van der Waals surface area contributed by atoms with E-state index < -0.39 is 0 Å². The molecule has 2 N–H and O–H groups in total. The van der Waals surface area contributed by atoms with Crippen LogP contribution >= 0.6 is 0 Å². The summed E-state index contributed by atoms with van der Waals surface area (Å²) in [6.45, 7) is 3.74. The van der Waals surface area contributed by atoms with Crippen molar-refractivity contribution in [3.8, 4) is 0 Å². The van der Waals surface area contributed by atoms with Crippen LogP contribution < -0.4 is 10.9 Å². The highest BCUT2D eigenvalue weighted by Crippen LogP contribution is 2.23. The van der Waals surface area contributed by atoms with E-state index >= 15 is 0 Å². The van der Waals surface area contributed by atoms with E-state index in [0.717, 1.165) is 21.7 Å². The number of carbonyl (C=O) groups excluding carboxylic acids is 1. The predicted molar refractivity (Wildman–Crippen MR) is 106 cm³/mol. The van der Waals surface area contributed by atoms with Gasteiger partial charge in [-0.25, -0.2) is 0 Å². The maximum Gasteiger partial charge on any atom is 0.256 e. The van der Waals surface area contributed by atoms with Gasteiger partial charge in [0.1, 0.15) is 0 Å². The van der Waals surface area contributed by atoms with Crippen molar-refractivity contribution in [3.05, 3.63) is 87.7 Å². The Hall–Kier alpha value is -3.40. The Bertz CT molecular complexity index is 1220. The van der Waals surface area contributed by atoms with Gasteiger partial charge in [-0.05, 0) is 48.4 Å². The van der Waals surface area contributed by atoms with Gasteiger partial charge in [-0.2, -0.15) is 0 Å². The molecule has 4 nitrogen and oxygen atoms in total. The van der Waals surface area contributed by atoms with Crippen LogP contribution in [0.15, 0.2) is 65.5 Å². The predicted octanol–water partition coefficient (Wildman–Crippen LogP) is 4.55. The molecule has 4 heteroatoms. The normalized spacial score (nSPS) is 11.0. The molecule has 0 aliphatic carbocycles. The Morgan fingerprint density at radius 1 is 0.885 bits per heavy atom. The zero-order chi connectivity index (χ0) is 18.3. The number of aromatic nitrogens is 1. The molecule has 128 valence electrons. The molecule has 0 aliphatic heterocycles. The Balaban J connectivity index is 1.74. The van der Waals surface area contributed by atoms with Gasteiger partial charge >= 0.3 is 0 Å². The molecule has 0 unspecified atom stereocenters. The standard InChI is InChI=1S/C22H18N2O2/c1-13-14(2)21(25)24-20-12-16(10-11-17(13)20)23-22(26)19-9-5-7-15-6-3-4-8-18(15)19/h3-12H,1-2H3,(H,23,26)(H,24,25). The number of fused-ring (bicyclic) bond motifs is 2. The Morgan fingerprint density at radius 2 is 1.65 bits per heavy atom. The smallest absolute Gasteiger partial charge is 0.256 e. The van der Waals surface area contributed by atoms with Crippen LogP contribution in [-0.2, 0) is 0 Å². The number of anilines is 1.